The standard InChI is InChI=1S/C14H10FIN2OS/c15-10-3-7-12(8-4-10)17-14(20)18-13(19)9-1-5-11(16)6-2-9/h1-8H,(H2,17,18,19,20). The van der Waals surface area contributed by atoms with Crippen LogP contribution in [0, 0.1) is 9.39 Å². The van der Waals surface area contributed by atoms with Crippen LogP contribution in [0.4, 0.5) is 10.1 Å². The molecule has 3 nitrogen and oxygen atoms in total. The molecule has 0 saturated carbocycles. The summed E-state index contributed by atoms with van der Waals surface area (Å²) in [6.07, 6.45) is 0. The second kappa shape index (κ2) is 6.76. The van der Waals surface area contributed by atoms with Crippen molar-refractivity contribution in [3.05, 3.63) is 63.5 Å². The lowest BCUT2D eigenvalue weighted by Gasteiger charge is -2.09. The van der Waals surface area contributed by atoms with E-state index >= 15 is 0 Å². The van der Waals surface area contributed by atoms with E-state index in [9.17, 15) is 9.18 Å². The zero-order valence-corrected chi connectivity index (χ0v) is 13.2. The van der Waals surface area contributed by atoms with Crippen molar-refractivity contribution in [1.82, 2.24) is 5.32 Å². The number of anilines is 1. The third kappa shape index (κ3) is 4.24. The van der Waals surface area contributed by atoms with Gasteiger partial charge < -0.3 is 5.32 Å². The largest absolute Gasteiger partial charge is 0.332 e. The normalized spacial score (nSPS) is 9.90. The number of carbonyl (C=O) groups excluding carboxylic acids is 1. The van der Waals surface area contributed by atoms with Gasteiger partial charge in [0.2, 0.25) is 0 Å². The molecule has 102 valence electrons. The van der Waals surface area contributed by atoms with Gasteiger partial charge in [0.05, 0.1) is 0 Å². The van der Waals surface area contributed by atoms with E-state index in [0.29, 0.717) is 11.3 Å². The van der Waals surface area contributed by atoms with Gasteiger partial charge in [0, 0.05) is 14.8 Å². The molecule has 0 saturated heterocycles. The Hall–Kier alpha value is -1.54. The van der Waals surface area contributed by atoms with Gasteiger partial charge in [-0.15, -0.1) is 0 Å². The molecule has 0 heterocycles. The number of halogens is 2. The fourth-order valence-electron chi connectivity index (χ4n) is 1.47. The lowest BCUT2D eigenvalue weighted by atomic mass is 10.2. The van der Waals surface area contributed by atoms with E-state index < -0.39 is 0 Å². The van der Waals surface area contributed by atoms with Crippen LogP contribution < -0.4 is 10.6 Å². The van der Waals surface area contributed by atoms with Gasteiger partial charge in [-0.3, -0.25) is 10.1 Å². The highest BCUT2D eigenvalue weighted by Gasteiger charge is 2.07. The van der Waals surface area contributed by atoms with E-state index in [1.54, 1.807) is 24.3 Å². The number of rotatable bonds is 2. The number of carbonyl (C=O) groups is 1. The molecule has 0 bridgehead atoms. The number of thiocarbonyl (C=S) groups is 1. The van der Waals surface area contributed by atoms with E-state index in [4.69, 9.17) is 12.2 Å². The summed E-state index contributed by atoms with van der Waals surface area (Å²) >= 11 is 7.20. The number of hydrogen-bond acceptors (Lipinski definition) is 2. The summed E-state index contributed by atoms with van der Waals surface area (Å²) in [5, 5.41) is 5.54. The summed E-state index contributed by atoms with van der Waals surface area (Å²) in [4.78, 5) is 11.9. The molecule has 0 aliphatic rings. The van der Waals surface area contributed by atoms with Crippen molar-refractivity contribution in [2.45, 2.75) is 0 Å². The maximum Gasteiger partial charge on any atom is 0.257 e. The van der Waals surface area contributed by atoms with Gasteiger partial charge in [-0.05, 0) is 83.3 Å². The minimum atomic E-state index is -0.329. The van der Waals surface area contributed by atoms with Crippen molar-refractivity contribution in [2.24, 2.45) is 0 Å². The molecule has 0 aliphatic carbocycles. The van der Waals surface area contributed by atoms with Gasteiger partial charge in [-0.25, -0.2) is 4.39 Å². The van der Waals surface area contributed by atoms with Gasteiger partial charge in [0.25, 0.3) is 5.91 Å². The molecule has 2 aromatic carbocycles. The predicted octanol–water partition coefficient (Wildman–Crippen LogP) is 3.56. The van der Waals surface area contributed by atoms with Crippen molar-refractivity contribution < 1.29 is 9.18 Å². The molecular weight excluding hydrogens is 390 g/mol. The van der Waals surface area contributed by atoms with Crippen LogP contribution in [0.15, 0.2) is 48.5 Å². The highest BCUT2D eigenvalue weighted by Crippen LogP contribution is 2.09. The molecule has 1 amide bonds. The summed E-state index contributed by atoms with van der Waals surface area (Å²) in [6.45, 7) is 0. The monoisotopic (exact) mass is 400 g/mol. The smallest absolute Gasteiger partial charge is 0.257 e. The van der Waals surface area contributed by atoms with Gasteiger partial charge in [0.1, 0.15) is 5.82 Å². The Balaban J connectivity index is 1.95. The first-order valence-corrected chi connectivity index (χ1v) is 7.17. The predicted molar refractivity (Wildman–Crippen MR) is 89.2 cm³/mol. The van der Waals surface area contributed by atoms with Gasteiger partial charge in [0.15, 0.2) is 5.11 Å². The summed E-state index contributed by atoms with van der Waals surface area (Å²) in [5.74, 6) is -0.620. The van der Waals surface area contributed by atoms with Gasteiger partial charge >= 0.3 is 0 Å². The van der Waals surface area contributed by atoms with Crippen molar-refractivity contribution >= 4 is 51.5 Å². The number of nitrogens with one attached hydrogen (secondary N) is 2. The first-order valence-electron chi connectivity index (χ1n) is 5.68. The van der Waals surface area contributed by atoms with Crippen LogP contribution in [-0.2, 0) is 0 Å². The van der Waals surface area contributed by atoms with E-state index in [-0.39, 0.29) is 16.8 Å². The van der Waals surface area contributed by atoms with Crippen LogP contribution in [0.2, 0.25) is 0 Å². The summed E-state index contributed by atoms with van der Waals surface area (Å²) < 4.78 is 13.8. The van der Waals surface area contributed by atoms with E-state index in [1.165, 1.54) is 12.1 Å². The molecule has 2 aromatic rings. The molecule has 0 spiro atoms. The van der Waals surface area contributed by atoms with Crippen molar-refractivity contribution in [2.75, 3.05) is 5.32 Å². The minimum Gasteiger partial charge on any atom is -0.332 e. The Kier molecular flexibility index (Phi) is 5.02. The average molecular weight is 400 g/mol. The third-order valence-electron chi connectivity index (χ3n) is 2.44. The van der Waals surface area contributed by atoms with Crippen LogP contribution >= 0.6 is 34.8 Å². The minimum absolute atomic E-state index is 0.167. The lowest BCUT2D eigenvalue weighted by Crippen LogP contribution is -2.34. The Labute approximate surface area is 134 Å². The molecule has 2 N–H and O–H groups in total. The molecule has 20 heavy (non-hydrogen) atoms. The molecule has 0 unspecified atom stereocenters. The van der Waals surface area contributed by atoms with Crippen LogP contribution in [-0.4, -0.2) is 11.0 Å². The van der Waals surface area contributed by atoms with Crippen LogP contribution in [0.5, 0.6) is 0 Å². The maximum absolute atomic E-state index is 12.8. The average Bonchev–Trinajstić information content (AvgIpc) is 2.42. The summed E-state index contributed by atoms with van der Waals surface area (Å²) in [6, 6.07) is 12.8. The molecule has 0 aromatic heterocycles. The quantitative estimate of drug-likeness (QED) is 0.599. The van der Waals surface area contributed by atoms with Crippen LogP contribution in [0.25, 0.3) is 0 Å². The molecule has 0 fully saturated rings. The van der Waals surface area contributed by atoms with Gasteiger partial charge in [-0.1, -0.05) is 0 Å². The number of hydrogen-bond donors (Lipinski definition) is 2. The molecule has 0 aliphatic heterocycles. The molecule has 0 atom stereocenters. The number of amides is 1. The summed E-state index contributed by atoms with van der Waals surface area (Å²) in [5.41, 5.74) is 1.13. The Morgan fingerprint density at radius 2 is 1.65 bits per heavy atom. The van der Waals surface area contributed by atoms with Crippen molar-refractivity contribution in [3.63, 3.8) is 0 Å². The van der Waals surface area contributed by atoms with Crippen LogP contribution in [0.3, 0.4) is 0 Å². The van der Waals surface area contributed by atoms with Gasteiger partial charge in [-0.2, -0.15) is 0 Å². The van der Waals surface area contributed by atoms with Crippen molar-refractivity contribution in [1.29, 1.82) is 0 Å². The van der Waals surface area contributed by atoms with E-state index in [2.05, 4.69) is 33.2 Å². The second-order valence-electron chi connectivity index (χ2n) is 3.92. The maximum atomic E-state index is 12.8. The van der Waals surface area contributed by atoms with E-state index in [0.717, 1.165) is 3.57 Å². The fraction of sp³-hybridized carbons (Fsp3) is 0. The molecular formula is C14H10FIN2OS. The highest BCUT2D eigenvalue weighted by atomic mass is 127. The Bertz CT molecular complexity index is 629. The number of benzene rings is 2. The summed E-state index contributed by atoms with van der Waals surface area (Å²) in [7, 11) is 0. The zero-order chi connectivity index (χ0) is 14.5. The Morgan fingerprint density at radius 1 is 1.05 bits per heavy atom. The lowest BCUT2D eigenvalue weighted by molar-refractivity contribution is 0.0977. The molecule has 6 heteroatoms. The van der Waals surface area contributed by atoms with Crippen LogP contribution in [0.1, 0.15) is 10.4 Å². The first kappa shape index (κ1) is 14.9. The SMILES string of the molecule is O=C(NC(=S)Nc1ccc(F)cc1)c1ccc(I)cc1. The Morgan fingerprint density at radius 3 is 2.25 bits per heavy atom. The highest BCUT2D eigenvalue weighted by molar-refractivity contribution is 14.1. The van der Waals surface area contributed by atoms with E-state index in [1.807, 2.05) is 12.1 Å². The van der Waals surface area contributed by atoms with Crippen molar-refractivity contribution in [3.8, 4) is 0 Å². The first-order chi connectivity index (χ1) is 9.54. The topological polar surface area (TPSA) is 41.1 Å². The molecule has 2 rings (SSSR count). The second-order valence-corrected chi connectivity index (χ2v) is 5.58. The molecule has 0 radical (unpaired) electrons. The third-order valence-corrected chi connectivity index (χ3v) is 3.36. The fourth-order valence-corrected chi connectivity index (χ4v) is 2.04. The zero-order valence-electron chi connectivity index (χ0n) is 10.2.